The molecule has 0 bridgehead atoms. The third-order valence-corrected chi connectivity index (χ3v) is 7.30. The molecule has 7 heteroatoms. The van der Waals surface area contributed by atoms with Gasteiger partial charge in [0.1, 0.15) is 12.4 Å². The number of carbonyl (C=O) groups excluding carboxylic acids is 1. The molecular formula is C34H31F2NO4. The monoisotopic (exact) mass is 555 g/mol. The summed E-state index contributed by atoms with van der Waals surface area (Å²) in [5.41, 5.74) is 4.15. The number of esters is 1. The molecule has 0 radical (unpaired) electrons. The second-order valence-electron chi connectivity index (χ2n) is 10.6. The van der Waals surface area contributed by atoms with Crippen molar-refractivity contribution in [3.8, 4) is 22.6 Å². The summed E-state index contributed by atoms with van der Waals surface area (Å²) in [5.74, 6) is -1.30. The fraction of sp³-hybridized carbons (Fsp3) is 0.206. The van der Waals surface area contributed by atoms with Crippen LogP contribution in [0.5, 0.6) is 5.75 Å². The maximum atomic E-state index is 15.7. The van der Waals surface area contributed by atoms with E-state index in [2.05, 4.69) is 0 Å². The zero-order valence-electron chi connectivity index (χ0n) is 23.4. The third-order valence-electron chi connectivity index (χ3n) is 7.30. The molecule has 1 aromatic heterocycles. The van der Waals surface area contributed by atoms with E-state index >= 15 is 4.39 Å². The number of aliphatic hydroxyl groups excluding tert-OH is 1. The van der Waals surface area contributed by atoms with Gasteiger partial charge in [0.15, 0.2) is 11.6 Å². The van der Waals surface area contributed by atoms with Gasteiger partial charge in [-0.05, 0) is 66.1 Å². The number of rotatable bonds is 8. The van der Waals surface area contributed by atoms with E-state index in [1.54, 1.807) is 49.4 Å². The number of aromatic nitrogens is 1. The molecule has 1 heterocycles. The number of aryl methyl sites for hydroxylation is 1. The molecule has 0 atom stereocenters. The van der Waals surface area contributed by atoms with Crippen molar-refractivity contribution in [2.75, 3.05) is 13.7 Å². The first-order valence-electron chi connectivity index (χ1n) is 13.3. The zero-order chi connectivity index (χ0) is 29.3. The molecule has 5 nitrogen and oxygen atoms in total. The Labute approximate surface area is 237 Å². The molecule has 0 aliphatic rings. The molecule has 0 unspecified atom stereocenters. The van der Waals surface area contributed by atoms with Gasteiger partial charge < -0.3 is 19.1 Å². The van der Waals surface area contributed by atoms with Crippen molar-refractivity contribution in [3.05, 3.63) is 119 Å². The molecule has 0 aliphatic carbocycles. The molecular weight excluding hydrogens is 524 g/mol. The Morgan fingerprint density at radius 2 is 1.61 bits per heavy atom. The first-order valence-corrected chi connectivity index (χ1v) is 13.3. The van der Waals surface area contributed by atoms with E-state index in [-0.39, 0.29) is 24.8 Å². The van der Waals surface area contributed by atoms with E-state index < -0.39 is 17.2 Å². The molecule has 0 fully saturated rings. The van der Waals surface area contributed by atoms with Gasteiger partial charge in [-0.1, -0.05) is 56.3 Å². The minimum Gasteiger partial charge on any atom is -0.485 e. The first-order chi connectivity index (χ1) is 19.7. The lowest BCUT2D eigenvalue weighted by molar-refractivity contribution is 0.0600. The van der Waals surface area contributed by atoms with E-state index in [1.165, 1.54) is 19.2 Å². The molecule has 1 N–H and O–H groups in total. The van der Waals surface area contributed by atoms with Gasteiger partial charge in [-0.3, -0.25) is 0 Å². The summed E-state index contributed by atoms with van der Waals surface area (Å²) in [5, 5.41) is 11.1. The number of benzene rings is 4. The molecule has 0 saturated heterocycles. The quantitative estimate of drug-likeness (QED) is 0.201. The van der Waals surface area contributed by atoms with E-state index in [1.807, 2.05) is 48.7 Å². The van der Waals surface area contributed by atoms with Gasteiger partial charge in [0.2, 0.25) is 0 Å². The summed E-state index contributed by atoms with van der Waals surface area (Å²) in [6, 6.07) is 24.1. The second-order valence-corrected chi connectivity index (χ2v) is 10.6. The Morgan fingerprint density at radius 3 is 2.24 bits per heavy atom. The molecule has 4 aromatic carbocycles. The van der Waals surface area contributed by atoms with Gasteiger partial charge in [0.25, 0.3) is 0 Å². The Balaban J connectivity index is 1.87. The molecule has 41 heavy (non-hydrogen) atoms. The Kier molecular flexibility index (Phi) is 7.65. The predicted octanol–water partition coefficient (Wildman–Crippen LogP) is 7.52. The van der Waals surface area contributed by atoms with Crippen LogP contribution in [0.2, 0.25) is 0 Å². The van der Waals surface area contributed by atoms with Crippen molar-refractivity contribution < 1.29 is 28.2 Å². The highest BCUT2D eigenvalue weighted by molar-refractivity contribution is 6.04. The standard InChI is InChI=1S/C34H31F2NO4/c1-21-18-25(14-15-26(21)35)37-28-17-16-27(36)31(41-19-22-8-6-5-7-9-22)30(28)29(32(37)34(2,3)20-38)23-10-12-24(13-11-23)33(39)40-4/h5-18,38H,19-20H2,1-4H3. The largest absolute Gasteiger partial charge is 0.485 e. The lowest BCUT2D eigenvalue weighted by Crippen LogP contribution is -2.26. The maximum Gasteiger partial charge on any atom is 0.337 e. The van der Waals surface area contributed by atoms with Crippen LogP contribution in [0.25, 0.3) is 27.7 Å². The average Bonchev–Trinajstić information content (AvgIpc) is 3.34. The Morgan fingerprint density at radius 1 is 0.927 bits per heavy atom. The molecule has 210 valence electrons. The lowest BCUT2D eigenvalue weighted by Gasteiger charge is -2.27. The highest BCUT2D eigenvalue weighted by atomic mass is 19.1. The summed E-state index contributed by atoms with van der Waals surface area (Å²) in [7, 11) is 1.32. The van der Waals surface area contributed by atoms with Crippen molar-refractivity contribution in [2.24, 2.45) is 0 Å². The van der Waals surface area contributed by atoms with Crippen molar-refractivity contribution in [3.63, 3.8) is 0 Å². The van der Waals surface area contributed by atoms with Gasteiger partial charge in [0.05, 0.1) is 30.2 Å². The third kappa shape index (κ3) is 5.21. The van der Waals surface area contributed by atoms with Crippen molar-refractivity contribution in [2.45, 2.75) is 32.8 Å². The summed E-state index contributed by atoms with van der Waals surface area (Å²) in [6.07, 6.45) is 0. The molecule has 0 amide bonds. The Hall–Kier alpha value is -4.49. The van der Waals surface area contributed by atoms with Crippen LogP contribution >= 0.6 is 0 Å². The number of halogens is 2. The van der Waals surface area contributed by atoms with E-state index in [0.29, 0.717) is 44.5 Å². The number of fused-ring (bicyclic) bond motifs is 1. The van der Waals surface area contributed by atoms with Crippen LogP contribution < -0.4 is 4.74 Å². The van der Waals surface area contributed by atoms with Crippen LogP contribution in [0.1, 0.15) is 41.0 Å². The van der Waals surface area contributed by atoms with Gasteiger partial charge in [-0.25, -0.2) is 13.6 Å². The Bertz CT molecular complexity index is 1720. The molecule has 0 saturated carbocycles. The summed E-state index contributed by atoms with van der Waals surface area (Å²) in [6.45, 7) is 5.38. The van der Waals surface area contributed by atoms with Crippen LogP contribution in [0, 0.1) is 18.6 Å². The molecule has 5 aromatic rings. The van der Waals surface area contributed by atoms with E-state index in [9.17, 15) is 14.3 Å². The second kappa shape index (κ2) is 11.2. The number of ether oxygens (including phenoxy) is 2. The number of nitrogens with zero attached hydrogens (tertiary/aromatic N) is 1. The SMILES string of the molecule is COC(=O)c1ccc(-c2c(C(C)(C)CO)n(-c3ccc(F)c(C)c3)c3ccc(F)c(OCc4ccccc4)c23)cc1. The fourth-order valence-corrected chi connectivity index (χ4v) is 5.12. The normalized spacial score (nSPS) is 11.6. The van der Waals surface area contributed by atoms with Crippen LogP contribution in [0.15, 0.2) is 84.9 Å². The minimum absolute atomic E-state index is 0.0611. The topological polar surface area (TPSA) is 60.7 Å². The average molecular weight is 556 g/mol. The fourth-order valence-electron chi connectivity index (χ4n) is 5.12. The molecule has 0 spiro atoms. The van der Waals surface area contributed by atoms with E-state index in [0.717, 1.165) is 5.56 Å². The van der Waals surface area contributed by atoms with Gasteiger partial charge in [-0.2, -0.15) is 0 Å². The maximum absolute atomic E-state index is 15.7. The van der Waals surface area contributed by atoms with Gasteiger partial charge >= 0.3 is 5.97 Å². The van der Waals surface area contributed by atoms with Crippen molar-refractivity contribution in [1.82, 2.24) is 4.57 Å². The van der Waals surface area contributed by atoms with Crippen LogP contribution in [-0.2, 0) is 16.8 Å². The predicted molar refractivity (Wildman–Crippen MR) is 156 cm³/mol. The first kappa shape index (κ1) is 28.1. The smallest absolute Gasteiger partial charge is 0.337 e. The number of methoxy groups -OCH3 is 1. The molecule has 5 rings (SSSR count). The summed E-state index contributed by atoms with van der Waals surface area (Å²) < 4.78 is 43.0. The number of carbonyl (C=O) groups is 1. The summed E-state index contributed by atoms with van der Waals surface area (Å²) in [4.78, 5) is 12.2. The highest BCUT2D eigenvalue weighted by Gasteiger charge is 2.33. The van der Waals surface area contributed by atoms with Crippen LogP contribution in [-0.4, -0.2) is 29.4 Å². The van der Waals surface area contributed by atoms with E-state index in [4.69, 9.17) is 9.47 Å². The summed E-state index contributed by atoms with van der Waals surface area (Å²) >= 11 is 0. The van der Waals surface area contributed by atoms with Crippen LogP contribution in [0.3, 0.4) is 0 Å². The lowest BCUT2D eigenvalue weighted by atomic mass is 9.84. The van der Waals surface area contributed by atoms with Crippen molar-refractivity contribution in [1.29, 1.82) is 0 Å². The van der Waals surface area contributed by atoms with Crippen molar-refractivity contribution >= 4 is 16.9 Å². The molecule has 0 aliphatic heterocycles. The van der Waals surface area contributed by atoms with Crippen LogP contribution in [0.4, 0.5) is 8.78 Å². The van der Waals surface area contributed by atoms with Gasteiger partial charge in [0, 0.05) is 22.4 Å². The highest BCUT2D eigenvalue weighted by Crippen LogP contribution is 2.47. The zero-order valence-corrected chi connectivity index (χ0v) is 23.4. The number of hydrogen-bond acceptors (Lipinski definition) is 4. The number of aliphatic hydroxyl groups is 1. The number of hydrogen-bond donors (Lipinski definition) is 1. The van der Waals surface area contributed by atoms with Gasteiger partial charge in [-0.15, -0.1) is 0 Å². The minimum atomic E-state index is -0.829.